The van der Waals surface area contributed by atoms with Crippen LogP contribution in [0.5, 0.6) is 0 Å². The number of fused-ring (bicyclic) bond motifs is 2. The van der Waals surface area contributed by atoms with Crippen molar-refractivity contribution in [2.75, 3.05) is 48.3 Å². The largest absolute Gasteiger partial charge is 0.393 e. The number of aromatic nitrogens is 1. The lowest BCUT2D eigenvalue weighted by Gasteiger charge is -2.40. The number of hydrogen-bond acceptors (Lipinski definition) is 8. The van der Waals surface area contributed by atoms with Gasteiger partial charge in [0, 0.05) is 73.5 Å². The van der Waals surface area contributed by atoms with Gasteiger partial charge in [0.2, 0.25) is 0 Å². The average molecular weight is 666 g/mol. The van der Waals surface area contributed by atoms with Gasteiger partial charge in [-0.05, 0) is 113 Å². The second kappa shape index (κ2) is 14.8. The third-order valence-corrected chi connectivity index (χ3v) is 11.1. The van der Waals surface area contributed by atoms with Gasteiger partial charge in [0.15, 0.2) is 0 Å². The number of rotatable bonds is 9. The summed E-state index contributed by atoms with van der Waals surface area (Å²) in [5.41, 5.74) is 4.48. The van der Waals surface area contributed by atoms with Crippen molar-refractivity contribution in [3.63, 3.8) is 0 Å². The van der Waals surface area contributed by atoms with Crippen LogP contribution in [0.15, 0.2) is 66.9 Å². The highest BCUT2D eigenvalue weighted by Gasteiger charge is 2.42. The summed E-state index contributed by atoms with van der Waals surface area (Å²) in [6.45, 7) is 6.22. The van der Waals surface area contributed by atoms with E-state index in [1.54, 1.807) is 6.20 Å². The number of nitrogens with zero attached hydrogens (tertiary/aromatic N) is 4. The molecule has 10 heteroatoms. The smallest absolute Gasteiger partial charge is 0.253 e. The van der Waals surface area contributed by atoms with Gasteiger partial charge in [0.1, 0.15) is 5.82 Å². The Morgan fingerprint density at radius 1 is 0.816 bits per heavy atom. The third kappa shape index (κ3) is 7.86. The highest BCUT2D eigenvalue weighted by atomic mass is 16.3. The second-order valence-corrected chi connectivity index (χ2v) is 14.6. The van der Waals surface area contributed by atoms with Crippen molar-refractivity contribution in [1.29, 1.82) is 0 Å². The van der Waals surface area contributed by atoms with Gasteiger partial charge in [-0.1, -0.05) is 18.2 Å². The Bertz CT molecular complexity index is 1570. The number of hydrogen-bond donors (Lipinski definition) is 4. The van der Waals surface area contributed by atoms with Crippen LogP contribution >= 0.6 is 0 Å². The van der Waals surface area contributed by atoms with E-state index in [4.69, 9.17) is 4.98 Å². The minimum atomic E-state index is -0.186. The molecule has 1 aromatic heterocycles. The van der Waals surface area contributed by atoms with Crippen molar-refractivity contribution in [3.05, 3.63) is 83.6 Å². The van der Waals surface area contributed by atoms with Gasteiger partial charge < -0.3 is 35.8 Å². The van der Waals surface area contributed by atoms with E-state index in [9.17, 15) is 14.7 Å². The topological polar surface area (TPSA) is 113 Å². The van der Waals surface area contributed by atoms with Crippen molar-refractivity contribution in [2.45, 2.75) is 94.6 Å². The van der Waals surface area contributed by atoms with Crippen LogP contribution in [0.2, 0.25) is 0 Å². The molecule has 3 aliphatic heterocycles. The van der Waals surface area contributed by atoms with E-state index in [1.165, 1.54) is 5.69 Å². The summed E-state index contributed by atoms with van der Waals surface area (Å²) in [5.74, 6) is 0.737. The Morgan fingerprint density at radius 2 is 1.53 bits per heavy atom. The van der Waals surface area contributed by atoms with E-state index in [2.05, 4.69) is 62.0 Å². The maximum Gasteiger partial charge on any atom is 0.253 e. The maximum atomic E-state index is 13.3. The number of amides is 2. The molecule has 3 atom stereocenters. The molecule has 0 radical (unpaired) electrons. The Balaban J connectivity index is 0.906. The van der Waals surface area contributed by atoms with Crippen LogP contribution < -0.4 is 25.8 Å². The molecule has 4 N–H and O–H groups in total. The van der Waals surface area contributed by atoms with Crippen LogP contribution in [0.4, 0.5) is 17.2 Å². The van der Waals surface area contributed by atoms with Crippen molar-refractivity contribution >= 4 is 29.0 Å². The monoisotopic (exact) mass is 665 g/mol. The van der Waals surface area contributed by atoms with Gasteiger partial charge >= 0.3 is 0 Å². The zero-order valence-corrected chi connectivity index (χ0v) is 28.9. The van der Waals surface area contributed by atoms with E-state index in [0.717, 1.165) is 94.6 Å². The molecule has 3 aromatic rings. The van der Waals surface area contributed by atoms with Crippen molar-refractivity contribution < 1.29 is 14.7 Å². The fraction of sp³-hybridized carbons (Fsp3) is 0.513. The van der Waals surface area contributed by atoms with Crippen LogP contribution in [-0.4, -0.2) is 90.3 Å². The van der Waals surface area contributed by atoms with Crippen molar-refractivity contribution in [3.8, 4) is 0 Å². The Hall–Kier alpha value is -4.15. The summed E-state index contributed by atoms with van der Waals surface area (Å²) in [4.78, 5) is 38.4. The van der Waals surface area contributed by atoms with E-state index < -0.39 is 0 Å². The predicted molar refractivity (Wildman–Crippen MR) is 194 cm³/mol. The van der Waals surface area contributed by atoms with Crippen molar-refractivity contribution in [2.24, 2.45) is 0 Å². The molecule has 4 aliphatic rings. The fourth-order valence-electron chi connectivity index (χ4n) is 8.22. The highest BCUT2D eigenvalue weighted by Crippen LogP contribution is 2.39. The number of piperidine rings is 1. The van der Waals surface area contributed by atoms with Crippen LogP contribution in [-0.2, 0) is 0 Å². The molecule has 2 bridgehead atoms. The number of benzene rings is 2. The molecule has 2 unspecified atom stereocenters. The number of carbonyl (C=O) groups is 2. The van der Waals surface area contributed by atoms with Crippen LogP contribution in [0.1, 0.15) is 90.6 Å². The molecular weight excluding hydrogens is 614 g/mol. The van der Waals surface area contributed by atoms with Gasteiger partial charge in [-0.25, -0.2) is 4.98 Å². The number of aliphatic hydroxyl groups is 1. The first-order valence-corrected chi connectivity index (χ1v) is 18.2. The minimum Gasteiger partial charge on any atom is -0.393 e. The molecule has 3 saturated heterocycles. The van der Waals surface area contributed by atoms with Gasteiger partial charge in [-0.2, -0.15) is 0 Å². The molecule has 1 aliphatic carbocycles. The summed E-state index contributed by atoms with van der Waals surface area (Å²) in [6, 6.07) is 21.1. The lowest BCUT2D eigenvalue weighted by atomic mass is 9.93. The molecule has 1 saturated carbocycles. The van der Waals surface area contributed by atoms with Gasteiger partial charge in [-0.15, -0.1) is 0 Å². The number of aliphatic hydroxyl groups excluding tert-OH is 1. The van der Waals surface area contributed by atoms with E-state index in [-0.39, 0.29) is 30.0 Å². The number of piperazine rings is 1. The molecule has 4 heterocycles. The molecule has 260 valence electrons. The molecule has 7 rings (SSSR count). The first-order valence-electron chi connectivity index (χ1n) is 18.2. The quantitative estimate of drug-likeness (QED) is 0.254. The summed E-state index contributed by atoms with van der Waals surface area (Å²) in [5, 5.41) is 19.8. The van der Waals surface area contributed by atoms with Crippen molar-refractivity contribution in [1.82, 2.24) is 20.5 Å². The second-order valence-electron chi connectivity index (χ2n) is 14.6. The molecule has 2 aromatic carbocycles. The third-order valence-electron chi connectivity index (χ3n) is 11.1. The van der Waals surface area contributed by atoms with E-state index in [1.807, 2.05) is 43.3 Å². The first-order chi connectivity index (χ1) is 23.8. The highest BCUT2D eigenvalue weighted by molar-refractivity contribution is 5.95. The zero-order valence-electron chi connectivity index (χ0n) is 28.9. The van der Waals surface area contributed by atoms with Crippen LogP contribution in [0, 0.1) is 0 Å². The molecular formula is C39H51N7O3. The summed E-state index contributed by atoms with van der Waals surface area (Å²) in [6.07, 6.45) is 8.92. The number of likely N-dealkylation sites (N-methyl/N-ethyl adjacent to an activating group) is 1. The predicted octanol–water partition coefficient (Wildman–Crippen LogP) is 4.97. The maximum absolute atomic E-state index is 13.3. The molecule has 10 nitrogen and oxygen atoms in total. The Morgan fingerprint density at radius 3 is 2.20 bits per heavy atom. The van der Waals surface area contributed by atoms with Gasteiger partial charge in [0.05, 0.1) is 17.7 Å². The Kier molecular flexibility index (Phi) is 10.0. The van der Waals surface area contributed by atoms with Crippen LogP contribution in [0.3, 0.4) is 0 Å². The number of carbonyl (C=O) groups excluding carboxylic acids is 2. The minimum absolute atomic E-state index is 0.0331. The van der Waals surface area contributed by atoms with Gasteiger partial charge in [-0.3, -0.25) is 9.59 Å². The number of pyridine rings is 1. The average Bonchev–Trinajstić information content (AvgIpc) is 3.39. The zero-order chi connectivity index (χ0) is 33.9. The van der Waals surface area contributed by atoms with Gasteiger partial charge in [0.25, 0.3) is 11.8 Å². The Labute approximate surface area is 290 Å². The normalized spacial score (nSPS) is 26.2. The summed E-state index contributed by atoms with van der Waals surface area (Å²) in [7, 11) is 2.16. The SMILES string of the molecule is C[C@H](NC(=O)c1ccc(N2C3CCC2CC(NC(=O)c2cccc(NC4CCC(O)CC4)c2)C3)nc1)c1ccc(N2CCN(C)CC2)cc1. The standard InChI is InChI=1S/C39H51N7O3/c1-26(27-6-11-33(12-7-27)45-20-18-44(2)19-21-45)41-39(49)29-8-17-37(40-25-29)46-34-13-14-35(46)24-32(23-34)43-38(48)28-4-3-5-31(22-28)42-30-9-15-36(47)16-10-30/h3-8,11-12,17,22,25-26,30,32,34-36,42,47H,9-10,13-16,18-21,23-24H2,1-2H3,(H,41,49)(H,43,48)/t26-,30?,32?,34?,35?,36?/m0/s1. The summed E-state index contributed by atoms with van der Waals surface area (Å²) < 4.78 is 0. The van der Waals surface area contributed by atoms with E-state index >= 15 is 0 Å². The summed E-state index contributed by atoms with van der Waals surface area (Å²) >= 11 is 0. The van der Waals surface area contributed by atoms with Crippen LogP contribution in [0.25, 0.3) is 0 Å². The molecule has 2 amide bonds. The number of anilines is 3. The fourth-order valence-corrected chi connectivity index (χ4v) is 8.22. The number of nitrogens with one attached hydrogen (secondary N) is 3. The molecule has 0 spiro atoms. The van der Waals surface area contributed by atoms with E-state index in [0.29, 0.717) is 29.3 Å². The molecule has 49 heavy (non-hydrogen) atoms. The first kappa shape index (κ1) is 33.4. The molecule has 4 fully saturated rings. The lowest BCUT2D eigenvalue weighted by molar-refractivity contribution is 0.0923. The lowest BCUT2D eigenvalue weighted by Crippen LogP contribution is -2.50.